The van der Waals surface area contributed by atoms with Crippen molar-refractivity contribution in [3.63, 3.8) is 0 Å². The summed E-state index contributed by atoms with van der Waals surface area (Å²) in [5.74, 6) is -0.104. The Labute approximate surface area is 68.5 Å². The molecule has 0 spiro atoms. The van der Waals surface area contributed by atoms with E-state index < -0.39 is 6.10 Å². The lowest BCUT2D eigenvalue weighted by molar-refractivity contribution is 0.0714. The van der Waals surface area contributed by atoms with Gasteiger partial charge in [0.05, 0.1) is 0 Å². The number of hydrogen-bond acceptors (Lipinski definition) is 3. The number of hydrogen-bond donors (Lipinski definition) is 1. The first-order chi connectivity index (χ1) is 5.29. The van der Waals surface area contributed by atoms with Gasteiger partial charge in [-0.1, -0.05) is 0 Å². The van der Waals surface area contributed by atoms with Crippen LogP contribution in [0.25, 0.3) is 0 Å². The van der Waals surface area contributed by atoms with Crippen LogP contribution in [0.1, 0.15) is 21.7 Å². The molecule has 1 aliphatic rings. The SMILES string of the molecule is O=C1c2ccsc2CC[C@H]1O. The zero-order valence-electron chi connectivity index (χ0n) is 5.91. The lowest BCUT2D eigenvalue weighted by Crippen LogP contribution is -2.25. The van der Waals surface area contributed by atoms with Crippen LogP contribution in [0.4, 0.5) is 0 Å². The molecule has 0 amide bonds. The molecule has 0 aromatic carbocycles. The lowest BCUT2D eigenvalue weighted by Gasteiger charge is -2.14. The van der Waals surface area contributed by atoms with Gasteiger partial charge < -0.3 is 5.11 Å². The number of rotatable bonds is 0. The third-order valence-electron chi connectivity index (χ3n) is 1.96. The summed E-state index contributed by atoms with van der Waals surface area (Å²) >= 11 is 1.60. The van der Waals surface area contributed by atoms with E-state index in [4.69, 9.17) is 0 Å². The van der Waals surface area contributed by atoms with Crippen LogP contribution in [0, 0.1) is 0 Å². The van der Waals surface area contributed by atoms with Gasteiger partial charge >= 0.3 is 0 Å². The fourth-order valence-corrected chi connectivity index (χ4v) is 2.23. The minimum atomic E-state index is -0.753. The number of Topliss-reactive ketones (excluding diaryl/α,β-unsaturated/α-hetero) is 1. The van der Waals surface area contributed by atoms with Crippen molar-refractivity contribution < 1.29 is 9.90 Å². The van der Waals surface area contributed by atoms with Gasteiger partial charge in [-0.05, 0) is 24.3 Å². The van der Waals surface area contributed by atoms with E-state index in [9.17, 15) is 9.90 Å². The predicted octanol–water partition coefficient (Wildman–Crippen LogP) is 1.24. The van der Waals surface area contributed by atoms with Crippen LogP contribution < -0.4 is 0 Å². The van der Waals surface area contributed by atoms with Crippen molar-refractivity contribution in [2.24, 2.45) is 0 Å². The molecule has 58 valence electrons. The van der Waals surface area contributed by atoms with E-state index in [-0.39, 0.29) is 5.78 Å². The molecule has 0 radical (unpaired) electrons. The fourth-order valence-electron chi connectivity index (χ4n) is 1.33. The third kappa shape index (κ3) is 1.01. The molecule has 0 unspecified atom stereocenters. The van der Waals surface area contributed by atoms with Crippen molar-refractivity contribution in [1.82, 2.24) is 0 Å². The van der Waals surface area contributed by atoms with E-state index in [0.29, 0.717) is 6.42 Å². The highest BCUT2D eigenvalue weighted by Crippen LogP contribution is 2.25. The predicted molar refractivity (Wildman–Crippen MR) is 43.0 cm³/mol. The molecule has 3 heteroatoms. The average Bonchev–Trinajstić information content (AvgIpc) is 2.45. The number of carbonyl (C=O) groups is 1. The molecule has 1 N–H and O–H groups in total. The van der Waals surface area contributed by atoms with Gasteiger partial charge in [0.15, 0.2) is 5.78 Å². The van der Waals surface area contributed by atoms with Crippen molar-refractivity contribution >= 4 is 17.1 Å². The third-order valence-corrected chi connectivity index (χ3v) is 2.94. The van der Waals surface area contributed by atoms with Gasteiger partial charge in [-0.2, -0.15) is 0 Å². The van der Waals surface area contributed by atoms with Gasteiger partial charge in [-0.3, -0.25) is 4.79 Å². The van der Waals surface area contributed by atoms with Crippen molar-refractivity contribution in [2.75, 3.05) is 0 Å². The molecule has 1 aromatic heterocycles. The van der Waals surface area contributed by atoms with Crippen LogP contribution in [0.5, 0.6) is 0 Å². The lowest BCUT2D eigenvalue weighted by atomic mass is 9.95. The van der Waals surface area contributed by atoms with Crippen molar-refractivity contribution in [1.29, 1.82) is 0 Å². The molecule has 1 heterocycles. The van der Waals surface area contributed by atoms with Gasteiger partial charge in [-0.25, -0.2) is 0 Å². The Balaban J connectivity index is 2.46. The van der Waals surface area contributed by atoms with Gasteiger partial charge in [0, 0.05) is 10.4 Å². The first-order valence-corrected chi connectivity index (χ1v) is 4.45. The van der Waals surface area contributed by atoms with Gasteiger partial charge in [0.2, 0.25) is 0 Å². The maximum Gasteiger partial charge on any atom is 0.192 e. The maximum atomic E-state index is 11.2. The monoisotopic (exact) mass is 168 g/mol. The summed E-state index contributed by atoms with van der Waals surface area (Å²) in [5.41, 5.74) is 0.730. The smallest absolute Gasteiger partial charge is 0.192 e. The van der Waals surface area contributed by atoms with Crippen LogP contribution in [-0.4, -0.2) is 17.0 Å². The Morgan fingerprint density at radius 1 is 1.64 bits per heavy atom. The van der Waals surface area contributed by atoms with Gasteiger partial charge in [-0.15, -0.1) is 11.3 Å². The molecular formula is C8H8O2S. The second kappa shape index (κ2) is 2.43. The van der Waals surface area contributed by atoms with Crippen LogP contribution in [0.15, 0.2) is 11.4 Å². The van der Waals surface area contributed by atoms with E-state index >= 15 is 0 Å². The average molecular weight is 168 g/mol. The highest BCUT2D eigenvalue weighted by molar-refractivity contribution is 7.10. The van der Waals surface area contributed by atoms with Crippen LogP contribution in [0.2, 0.25) is 0 Å². The summed E-state index contributed by atoms with van der Waals surface area (Å²) in [5, 5.41) is 11.1. The Bertz CT molecular complexity index is 290. The normalized spacial score (nSPS) is 23.4. The number of aryl methyl sites for hydroxylation is 1. The summed E-state index contributed by atoms with van der Waals surface area (Å²) in [6.45, 7) is 0. The summed E-state index contributed by atoms with van der Waals surface area (Å²) in [7, 11) is 0. The molecule has 1 aliphatic carbocycles. The zero-order valence-corrected chi connectivity index (χ0v) is 6.73. The first kappa shape index (κ1) is 7.00. The second-order valence-electron chi connectivity index (χ2n) is 2.68. The van der Waals surface area contributed by atoms with Crippen molar-refractivity contribution in [3.8, 4) is 0 Å². The number of fused-ring (bicyclic) bond motifs is 1. The van der Waals surface area contributed by atoms with E-state index in [1.165, 1.54) is 0 Å². The summed E-state index contributed by atoms with van der Waals surface area (Å²) in [6, 6.07) is 1.80. The Morgan fingerprint density at radius 2 is 2.45 bits per heavy atom. The molecular weight excluding hydrogens is 160 g/mol. The first-order valence-electron chi connectivity index (χ1n) is 3.57. The van der Waals surface area contributed by atoms with Crippen LogP contribution in [0.3, 0.4) is 0 Å². The topological polar surface area (TPSA) is 37.3 Å². The summed E-state index contributed by atoms with van der Waals surface area (Å²) < 4.78 is 0. The molecule has 11 heavy (non-hydrogen) atoms. The van der Waals surface area contributed by atoms with Crippen molar-refractivity contribution in [2.45, 2.75) is 18.9 Å². The minimum absolute atomic E-state index is 0.104. The van der Waals surface area contributed by atoms with E-state index in [0.717, 1.165) is 16.9 Å². The standard InChI is InChI=1S/C8H8O2S/c9-6-1-2-7-5(8(6)10)3-4-11-7/h3-4,6,9H,1-2H2/t6-/m1/s1. The number of thiophene rings is 1. The summed E-state index contributed by atoms with van der Waals surface area (Å²) in [6.07, 6.45) is 0.684. The number of aliphatic hydroxyl groups is 1. The van der Waals surface area contributed by atoms with E-state index in [2.05, 4.69) is 0 Å². The molecule has 0 saturated heterocycles. The van der Waals surface area contributed by atoms with Crippen LogP contribution >= 0.6 is 11.3 Å². The van der Waals surface area contributed by atoms with Crippen LogP contribution in [-0.2, 0) is 6.42 Å². The second-order valence-corrected chi connectivity index (χ2v) is 3.68. The molecule has 0 fully saturated rings. The van der Waals surface area contributed by atoms with E-state index in [1.807, 2.05) is 5.38 Å². The zero-order chi connectivity index (χ0) is 7.84. The molecule has 0 saturated carbocycles. The molecule has 0 aliphatic heterocycles. The Hall–Kier alpha value is -0.670. The van der Waals surface area contributed by atoms with Crippen molar-refractivity contribution in [3.05, 3.63) is 21.9 Å². The fraction of sp³-hybridized carbons (Fsp3) is 0.375. The van der Waals surface area contributed by atoms with Gasteiger partial charge in [0.25, 0.3) is 0 Å². The Morgan fingerprint density at radius 3 is 3.27 bits per heavy atom. The highest BCUT2D eigenvalue weighted by atomic mass is 32.1. The summed E-state index contributed by atoms with van der Waals surface area (Å²) in [4.78, 5) is 12.4. The molecule has 0 bridgehead atoms. The number of carbonyl (C=O) groups excluding carboxylic acids is 1. The maximum absolute atomic E-state index is 11.2. The molecule has 1 atom stereocenters. The molecule has 1 aromatic rings. The minimum Gasteiger partial charge on any atom is -0.385 e. The molecule has 2 nitrogen and oxygen atoms in total. The molecule has 2 rings (SSSR count). The quantitative estimate of drug-likeness (QED) is 0.632. The van der Waals surface area contributed by atoms with E-state index in [1.54, 1.807) is 17.4 Å². The number of ketones is 1. The Kier molecular flexibility index (Phi) is 1.55. The largest absolute Gasteiger partial charge is 0.385 e. The van der Waals surface area contributed by atoms with Gasteiger partial charge in [0.1, 0.15) is 6.10 Å². The highest BCUT2D eigenvalue weighted by Gasteiger charge is 2.25. The number of aliphatic hydroxyl groups excluding tert-OH is 1.